The number of nitrogens with one attached hydrogen (secondary N) is 2. The second kappa shape index (κ2) is 10.6. The molecule has 1 rings (SSSR count). The largest absolute Gasteiger partial charge is 0.484 e. The zero-order valence-electron chi connectivity index (χ0n) is 15.9. The van der Waals surface area contributed by atoms with Crippen molar-refractivity contribution in [1.29, 1.82) is 0 Å². The highest BCUT2D eigenvalue weighted by molar-refractivity contribution is 5.80. The summed E-state index contributed by atoms with van der Waals surface area (Å²) >= 11 is 0. The zero-order valence-corrected chi connectivity index (χ0v) is 15.9. The molecule has 0 aliphatic rings. The molecular formula is C18H26F3N3O3. The van der Waals surface area contributed by atoms with Crippen molar-refractivity contribution < 1.29 is 27.4 Å². The van der Waals surface area contributed by atoms with Gasteiger partial charge in [-0.15, -0.1) is 0 Å². The van der Waals surface area contributed by atoms with E-state index in [-0.39, 0.29) is 24.2 Å². The molecule has 1 aromatic rings. The normalized spacial score (nSPS) is 13.1. The molecule has 6 nitrogen and oxygen atoms in total. The predicted octanol–water partition coefficient (Wildman–Crippen LogP) is 2.80. The van der Waals surface area contributed by atoms with E-state index < -0.39 is 12.8 Å². The predicted molar refractivity (Wildman–Crippen MR) is 96.7 cm³/mol. The molecule has 0 saturated heterocycles. The number of rotatable bonds is 8. The molecule has 2 N–H and O–H groups in total. The molecule has 0 fully saturated rings. The van der Waals surface area contributed by atoms with Crippen LogP contribution in [0.5, 0.6) is 5.75 Å². The highest BCUT2D eigenvalue weighted by atomic mass is 19.4. The summed E-state index contributed by atoms with van der Waals surface area (Å²) in [5, 5.41) is 6.03. The number of hydrogen-bond donors (Lipinski definition) is 2. The van der Waals surface area contributed by atoms with Crippen molar-refractivity contribution >= 4 is 11.9 Å². The van der Waals surface area contributed by atoms with Gasteiger partial charge in [-0.1, -0.05) is 19.1 Å². The van der Waals surface area contributed by atoms with Crippen LogP contribution in [0.25, 0.3) is 0 Å². The number of alkyl halides is 3. The second-order valence-corrected chi connectivity index (χ2v) is 6.02. The summed E-state index contributed by atoms with van der Waals surface area (Å²) in [6.45, 7) is 5.02. The van der Waals surface area contributed by atoms with Crippen LogP contribution >= 0.6 is 0 Å². The van der Waals surface area contributed by atoms with Gasteiger partial charge in [-0.3, -0.25) is 4.79 Å². The SMILES string of the molecule is CCNC(=NCc1ccc(C)cc1OCC(F)(F)F)NCC(C)C(=O)OC. The number of aryl methyl sites for hydroxylation is 1. The minimum absolute atomic E-state index is 0.120. The van der Waals surface area contributed by atoms with Gasteiger partial charge in [0.1, 0.15) is 5.75 Å². The molecule has 152 valence electrons. The van der Waals surface area contributed by atoms with Crippen LogP contribution in [-0.4, -0.2) is 44.9 Å². The Morgan fingerprint density at radius 2 is 2.00 bits per heavy atom. The molecule has 1 atom stereocenters. The van der Waals surface area contributed by atoms with Gasteiger partial charge in [0, 0.05) is 18.7 Å². The fraction of sp³-hybridized carbons (Fsp3) is 0.556. The fourth-order valence-corrected chi connectivity index (χ4v) is 2.13. The van der Waals surface area contributed by atoms with E-state index in [1.807, 2.05) is 6.92 Å². The van der Waals surface area contributed by atoms with Crippen LogP contribution in [0, 0.1) is 12.8 Å². The summed E-state index contributed by atoms with van der Waals surface area (Å²) in [5.74, 6) is -0.130. The maximum Gasteiger partial charge on any atom is 0.422 e. The van der Waals surface area contributed by atoms with Crippen LogP contribution < -0.4 is 15.4 Å². The molecule has 1 unspecified atom stereocenters. The van der Waals surface area contributed by atoms with E-state index in [9.17, 15) is 18.0 Å². The number of hydrogen-bond acceptors (Lipinski definition) is 4. The summed E-state index contributed by atoms with van der Waals surface area (Å²) < 4.78 is 46.9. The van der Waals surface area contributed by atoms with E-state index >= 15 is 0 Å². The molecule has 0 amide bonds. The van der Waals surface area contributed by atoms with E-state index in [4.69, 9.17) is 4.74 Å². The number of esters is 1. The monoisotopic (exact) mass is 389 g/mol. The number of ether oxygens (including phenoxy) is 2. The van der Waals surface area contributed by atoms with Crippen LogP contribution in [0.1, 0.15) is 25.0 Å². The molecule has 0 heterocycles. The standard InChI is InChI=1S/C18H26F3N3O3/c1-5-22-17(23-9-13(3)16(25)26-4)24-10-14-7-6-12(2)8-15(14)27-11-18(19,20)21/h6-8,13H,5,9-11H2,1-4H3,(H2,22,23,24). The molecule has 0 saturated carbocycles. The van der Waals surface area contributed by atoms with Crippen LogP contribution in [-0.2, 0) is 16.1 Å². The van der Waals surface area contributed by atoms with Crippen LogP contribution in [0.2, 0.25) is 0 Å². The van der Waals surface area contributed by atoms with Gasteiger partial charge in [0.2, 0.25) is 0 Å². The quantitative estimate of drug-likeness (QED) is 0.406. The van der Waals surface area contributed by atoms with Gasteiger partial charge in [0.05, 0.1) is 19.6 Å². The molecule has 0 spiro atoms. The number of aliphatic imine (C=N–C) groups is 1. The zero-order chi connectivity index (χ0) is 20.4. The average Bonchev–Trinajstić information content (AvgIpc) is 2.61. The van der Waals surface area contributed by atoms with Crippen molar-refractivity contribution in [2.75, 3.05) is 26.8 Å². The van der Waals surface area contributed by atoms with Gasteiger partial charge >= 0.3 is 12.1 Å². The molecule has 1 aromatic carbocycles. The van der Waals surface area contributed by atoms with Crippen LogP contribution in [0.15, 0.2) is 23.2 Å². The summed E-state index contributed by atoms with van der Waals surface area (Å²) in [4.78, 5) is 15.8. The molecule has 0 aromatic heterocycles. The number of benzene rings is 1. The summed E-state index contributed by atoms with van der Waals surface area (Å²) in [6, 6.07) is 5.02. The van der Waals surface area contributed by atoms with Gasteiger partial charge in [0.25, 0.3) is 0 Å². The first-order valence-corrected chi connectivity index (χ1v) is 8.55. The first-order chi connectivity index (χ1) is 12.7. The lowest BCUT2D eigenvalue weighted by molar-refractivity contribution is -0.153. The third-order valence-corrected chi connectivity index (χ3v) is 3.54. The Hall–Kier alpha value is -2.45. The maximum atomic E-state index is 12.4. The van der Waals surface area contributed by atoms with Crippen LogP contribution in [0.3, 0.4) is 0 Å². The Kier molecular flexibility index (Phi) is 8.90. The minimum atomic E-state index is -4.41. The van der Waals surface area contributed by atoms with Crippen molar-refractivity contribution in [1.82, 2.24) is 10.6 Å². The van der Waals surface area contributed by atoms with E-state index in [0.717, 1.165) is 5.56 Å². The maximum absolute atomic E-state index is 12.4. The average molecular weight is 389 g/mol. The van der Waals surface area contributed by atoms with E-state index in [1.165, 1.54) is 7.11 Å². The van der Waals surface area contributed by atoms with E-state index in [2.05, 4.69) is 20.4 Å². The number of carbonyl (C=O) groups excluding carboxylic acids is 1. The molecule has 0 bridgehead atoms. The Morgan fingerprint density at radius 1 is 1.30 bits per heavy atom. The number of nitrogens with zero attached hydrogens (tertiary/aromatic N) is 1. The van der Waals surface area contributed by atoms with Gasteiger partial charge in [0.15, 0.2) is 12.6 Å². The minimum Gasteiger partial charge on any atom is -0.484 e. The lowest BCUT2D eigenvalue weighted by Crippen LogP contribution is -2.40. The smallest absolute Gasteiger partial charge is 0.422 e. The van der Waals surface area contributed by atoms with Crippen molar-refractivity contribution in [3.8, 4) is 5.75 Å². The van der Waals surface area contributed by atoms with Gasteiger partial charge < -0.3 is 20.1 Å². The van der Waals surface area contributed by atoms with Gasteiger partial charge in [-0.05, 0) is 25.5 Å². The van der Waals surface area contributed by atoms with Crippen molar-refractivity contribution in [3.05, 3.63) is 29.3 Å². The first-order valence-electron chi connectivity index (χ1n) is 8.55. The van der Waals surface area contributed by atoms with E-state index in [1.54, 1.807) is 32.0 Å². The highest BCUT2D eigenvalue weighted by Gasteiger charge is 2.28. The van der Waals surface area contributed by atoms with Crippen molar-refractivity contribution in [2.24, 2.45) is 10.9 Å². The third kappa shape index (κ3) is 8.65. The summed E-state index contributed by atoms with van der Waals surface area (Å²) in [6.07, 6.45) is -4.41. The topological polar surface area (TPSA) is 72.0 Å². The number of halogens is 3. The molecule has 0 aliphatic carbocycles. The highest BCUT2D eigenvalue weighted by Crippen LogP contribution is 2.24. The number of methoxy groups -OCH3 is 1. The molecule has 0 aliphatic heterocycles. The lowest BCUT2D eigenvalue weighted by atomic mass is 10.1. The first kappa shape index (κ1) is 22.6. The Bertz CT molecular complexity index is 648. The number of carbonyl (C=O) groups is 1. The third-order valence-electron chi connectivity index (χ3n) is 3.54. The molecule has 9 heteroatoms. The Morgan fingerprint density at radius 3 is 2.59 bits per heavy atom. The van der Waals surface area contributed by atoms with Crippen molar-refractivity contribution in [3.63, 3.8) is 0 Å². The van der Waals surface area contributed by atoms with Gasteiger partial charge in [-0.25, -0.2) is 4.99 Å². The second-order valence-electron chi connectivity index (χ2n) is 6.02. The number of guanidine groups is 1. The lowest BCUT2D eigenvalue weighted by Gasteiger charge is -2.16. The van der Waals surface area contributed by atoms with Gasteiger partial charge in [-0.2, -0.15) is 13.2 Å². The Balaban J connectivity index is 2.84. The molecular weight excluding hydrogens is 363 g/mol. The summed E-state index contributed by atoms with van der Waals surface area (Å²) in [7, 11) is 1.32. The van der Waals surface area contributed by atoms with Crippen LogP contribution in [0.4, 0.5) is 13.2 Å². The van der Waals surface area contributed by atoms with Crippen molar-refractivity contribution in [2.45, 2.75) is 33.5 Å². The Labute approximate surface area is 157 Å². The van der Waals surface area contributed by atoms with E-state index in [0.29, 0.717) is 24.6 Å². The fourth-order valence-electron chi connectivity index (χ4n) is 2.13. The summed E-state index contributed by atoms with van der Waals surface area (Å²) in [5.41, 5.74) is 1.32. The molecule has 27 heavy (non-hydrogen) atoms. The molecule has 0 radical (unpaired) electrons.